The highest BCUT2D eigenvalue weighted by molar-refractivity contribution is 8.32. The molecule has 0 atom stereocenters. The Morgan fingerprint density at radius 1 is 1.03 bits per heavy atom. The number of ether oxygens (including phenoxy) is 1. The summed E-state index contributed by atoms with van der Waals surface area (Å²) in [6.45, 7) is 12.3. The number of rotatable bonds is 5. The summed E-state index contributed by atoms with van der Waals surface area (Å²) < 4.78 is 6.37. The van der Waals surface area contributed by atoms with Crippen LogP contribution in [0.15, 0.2) is 51.6 Å². The number of fused-ring (bicyclic) bond motifs is 1. The summed E-state index contributed by atoms with van der Waals surface area (Å²) in [6, 6.07) is 14.1. The number of aryl methyl sites for hydroxylation is 2. The van der Waals surface area contributed by atoms with Gasteiger partial charge in [0.1, 0.15) is 4.91 Å². The molecule has 0 radical (unpaired) electrons. The largest absolute Gasteiger partial charge is 0.462 e. The normalized spacial score (nSPS) is 18.9. The smallest absolute Gasteiger partial charge is 0.346 e. The first-order valence-corrected chi connectivity index (χ1v) is 14.2. The van der Waals surface area contributed by atoms with Gasteiger partial charge in [-0.25, -0.2) is 4.79 Å². The van der Waals surface area contributed by atoms with E-state index in [1.807, 2.05) is 62.9 Å². The monoisotopic (exact) mass is 537 g/mol. The molecule has 0 bridgehead atoms. The molecular formula is C29H31NO3S3. The Morgan fingerprint density at radius 3 is 2.33 bits per heavy atom. The van der Waals surface area contributed by atoms with Crippen LogP contribution in [-0.4, -0.2) is 28.9 Å². The zero-order valence-corrected chi connectivity index (χ0v) is 24.0. The van der Waals surface area contributed by atoms with Gasteiger partial charge >= 0.3 is 5.97 Å². The fraction of sp³-hybridized carbons (Fsp3) is 0.345. The van der Waals surface area contributed by atoms with Gasteiger partial charge in [-0.3, -0.25) is 4.79 Å². The average molecular weight is 538 g/mol. The minimum atomic E-state index is -0.695. The van der Waals surface area contributed by atoms with Crippen molar-refractivity contribution in [3.8, 4) is 0 Å². The van der Waals surface area contributed by atoms with Gasteiger partial charge in [-0.2, -0.15) is 0 Å². The SMILES string of the molecule is CCCC(=O)N1c2cc(C)c(C)cc2/C(=C2/SC(C(=O)OCC)=C(c3ccccc3)S2)C(=S)C1(C)C. The molecule has 0 fully saturated rings. The van der Waals surface area contributed by atoms with Gasteiger partial charge in [0.15, 0.2) is 0 Å². The Bertz CT molecular complexity index is 1310. The number of carbonyl (C=O) groups excluding carboxylic acids is 2. The topological polar surface area (TPSA) is 46.6 Å². The predicted octanol–water partition coefficient (Wildman–Crippen LogP) is 7.68. The summed E-state index contributed by atoms with van der Waals surface area (Å²) in [7, 11) is 0. The molecule has 2 aliphatic heterocycles. The molecule has 2 aromatic carbocycles. The van der Waals surface area contributed by atoms with Crippen LogP contribution in [0.4, 0.5) is 5.69 Å². The third-order valence-electron chi connectivity index (χ3n) is 6.47. The van der Waals surface area contributed by atoms with E-state index >= 15 is 0 Å². The first-order chi connectivity index (χ1) is 17.1. The highest BCUT2D eigenvalue weighted by Crippen LogP contribution is 2.58. The fourth-order valence-corrected chi connectivity index (χ4v) is 7.63. The lowest BCUT2D eigenvalue weighted by molar-refractivity contribution is -0.137. The third-order valence-corrected chi connectivity index (χ3v) is 9.80. The van der Waals surface area contributed by atoms with Crippen molar-refractivity contribution in [3.63, 3.8) is 0 Å². The van der Waals surface area contributed by atoms with Crippen LogP contribution in [-0.2, 0) is 14.3 Å². The standard InChI is InChI=1S/C29H31NO3S3/c1-7-12-22(31)30-21-16-18(4)17(3)15-20(21)23(26(34)29(30,5)6)28-35-24(19-13-10-9-11-14-19)25(36-28)27(32)33-8-2/h9-11,13-16H,7-8,12H2,1-6H3/b28-23-. The zero-order chi connectivity index (χ0) is 26.2. The number of anilines is 1. The van der Waals surface area contributed by atoms with Crippen molar-refractivity contribution in [3.05, 3.63) is 73.9 Å². The molecule has 0 saturated carbocycles. The average Bonchev–Trinajstić information content (AvgIpc) is 3.27. The van der Waals surface area contributed by atoms with E-state index in [-0.39, 0.29) is 11.9 Å². The fourth-order valence-electron chi connectivity index (χ4n) is 4.50. The molecule has 0 saturated heterocycles. The summed E-state index contributed by atoms with van der Waals surface area (Å²) in [5, 5.41) is 0. The maximum Gasteiger partial charge on any atom is 0.346 e. The molecule has 0 unspecified atom stereocenters. The molecule has 4 rings (SSSR count). The molecular weight excluding hydrogens is 507 g/mol. The van der Waals surface area contributed by atoms with Gasteiger partial charge in [-0.05, 0) is 69.9 Å². The van der Waals surface area contributed by atoms with Crippen LogP contribution in [0.2, 0.25) is 0 Å². The van der Waals surface area contributed by atoms with Crippen LogP contribution in [0.3, 0.4) is 0 Å². The minimum Gasteiger partial charge on any atom is -0.462 e. The van der Waals surface area contributed by atoms with Crippen LogP contribution in [0, 0.1) is 13.8 Å². The predicted molar refractivity (Wildman–Crippen MR) is 157 cm³/mol. The second kappa shape index (κ2) is 10.6. The lowest BCUT2D eigenvalue weighted by Crippen LogP contribution is -2.56. The summed E-state index contributed by atoms with van der Waals surface area (Å²) in [6.07, 6.45) is 1.23. The van der Waals surface area contributed by atoms with Crippen molar-refractivity contribution in [2.24, 2.45) is 0 Å². The molecule has 0 aliphatic carbocycles. The van der Waals surface area contributed by atoms with E-state index in [2.05, 4.69) is 26.0 Å². The Hall–Kier alpha value is -2.35. The van der Waals surface area contributed by atoms with Gasteiger partial charge in [0.2, 0.25) is 5.91 Å². The minimum absolute atomic E-state index is 0.0699. The summed E-state index contributed by atoms with van der Waals surface area (Å²) >= 11 is 9.11. The number of benzene rings is 2. The summed E-state index contributed by atoms with van der Waals surface area (Å²) in [5.41, 5.74) is 5.28. The van der Waals surface area contributed by atoms with Crippen molar-refractivity contribution >= 4 is 68.6 Å². The number of thiocarbonyl (C=S) groups is 1. The van der Waals surface area contributed by atoms with Crippen LogP contribution in [0.25, 0.3) is 10.5 Å². The quantitative estimate of drug-likeness (QED) is 0.221. The van der Waals surface area contributed by atoms with Crippen molar-refractivity contribution in [1.29, 1.82) is 0 Å². The van der Waals surface area contributed by atoms with Gasteiger partial charge in [0.05, 0.1) is 26.9 Å². The molecule has 2 aromatic rings. The number of nitrogens with zero attached hydrogens (tertiary/aromatic N) is 1. The second-order valence-corrected chi connectivity index (χ2v) is 12.1. The maximum atomic E-state index is 13.4. The van der Waals surface area contributed by atoms with Crippen LogP contribution in [0.5, 0.6) is 0 Å². The number of hydrogen-bond acceptors (Lipinski definition) is 6. The summed E-state index contributed by atoms with van der Waals surface area (Å²) in [4.78, 5) is 30.4. The van der Waals surface area contributed by atoms with E-state index in [4.69, 9.17) is 17.0 Å². The molecule has 2 aliphatic rings. The highest BCUT2D eigenvalue weighted by atomic mass is 32.2. The lowest BCUT2D eigenvalue weighted by atomic mass is 9.82. The molecule has 2 heterocycles. The molecule has 1 amide bonds. The van der Waals surface area contributed by atoms with E-state index < -0.39 is 5.54 Å². The Labute approximate surface area is 227 Å². The molecule has 4 nitrogen and oxygen atoms in total. The second-order valence-electron chi connectivity index (χ2n) is 9.43. The van der Waals surface area contributed by atoms with E-state index in [0.717, 1.165) is 49.1 Å². The van der Waals surface area contributed by atoms with Crippen LogP contribution in [0.1, 0.15) is 62.8 Å². The van der Waals surface area contributed by atoms with Crippen molar-refractivity contribution < 1.29 is 14.3 Å². The van der Waals surface area contributed by atoms with E-state index in [1.165, 1.54) is 11.8 Å². The Balaban J connectivity index is 1.94. The van der Waals surface area contributed by atoms with E-state index in [1.54, 1.807) is 11.8 Å². The maximum absolute atomic E-state index is 13.4. The van der Waals surface area contributed by atoms with Crippen LogP contribution >= 0.6 is 35.7 Å². The molecule has 0 spiro atoms. The van der Waals surface area contributed by atoms with E-state index in [0.29, 0.717) is 22.8 Å². The summed E-state index contributed by atoms with van der Waals surface area (Å²) in [5.74, 6) is -0.258. The first-order valence-electron chi connectivity index (χ1n) is 12.2. The molecule has 0 aromatic heterocycles. The van der Waals surface area contributed by atoms with Crippen molar-refractivity contribution in [2.45, 2.75) is 59.9 Å². The molecule has 188 valence electrons. The van der Waals surface area contributed by atoms with Crippen molar-refractivity contribution in [2.75, 3.05) is 11.5 Å². The number of esters is 1. The Kier molecular flexibility index (Phi) is 7.83. The lowest BCUT2D eigenvalue weighted by Gasteiger charge is -2.45. The first kappa shape index (κ1) is 26.7. The molecule has 36 heavy (non-hydrogen) atoms. The van der Waals surface area contributed by atoms with E-state index in [9.17, 15) is 9.59 Å². The number of amides is 1. The number of hydrogen-bond donors (Lipinski definition) is 0. The number of thioether (sulfide) groups is 2. The zero-order valence-electron chi connectivity index (χ0n) is 21.6. The third kappa shape index (κ3) is 4.69. The van der Waals surface area contributed by atoms with Gasteiger partial charge in [-0.1, -0.05) is 73.0 Å². The van der Waals surface area contributed by atoms with Gasteiger partial charge in [-0.15, -0.1) is 0 Å². The Morgan fingerprint density at radius 2 is 1.69 bits per heavy atom. The molecule has 0 N–H and O–H groups in total. The van der Waals surface area contributed by atoms with Gasteiger partial charge in [0, 0.05) is 22.5 Å². The highest BCUT2D eigenvalue weighted by Gasteiger charge is 2.45. The molecule has 7 heteroatoms. The van der Waals surface area contributed by atoms with Gasteiger partial charge < -0.3 is 9.64 Å². The number of carbonyl (C=O) groups is 2. The van der Waals surface area contributed by atoms with Crippen LogP contribution < -0.4 is 4.90 Å². The van der Waals surface area contributed by atoms with Crippen molar-refractivity contribution in [1.82, 2.24) is 0 Å². The van der Waals surface area contributed by atoms with Gasteiger partial charge in [0.25, 0.3) is 0 Å².